The van der Waals surface area contributed by atoms with Gasteiger partial charge in [-0.25, -0.2) is 0 Å². The summed E-state index contributed by atoms with van der Waals surface area (Å²) >= 11 is 0. The first-order valence-corrected chi connectivity index (χ1v) is 4.28. The van der Waals surface area contributed by atoms with Gasteiger partial charge in [0.25, 0.3) is 0 Å². The SMILES string of the molecule is CCC1(C(F)(F)F)C(C)C1(C)C. The standard InChI is InChI=1S/C9H15F3/c1-5-8(9(10,11)12)6(2)7(8,3)4/h6H,5H2,1-4H3. The second kappa shape index (κ2) is 2.18. The van der Waals surface area contributed by atoms with E-state index in [0.29, 0.717) is 0 Å². The topological polar surface area (TPSA) is 0 Å². The van der Waals surface area contributed by atoms with Gasteiger partial charge in [0.15, 0.2) is 0 Å². The highest BCUT2D eigenvalue weighted by molar-refractivity contribution is 5.18. The van der Waals surface area contributed by atoms with Crippen molar-refractivity contribution in [1.29, 1.82) is 0 Å². The van der Waals surface area contributed by atoms with Gasteiger partial charge in [-0.05, 0) is 17.8 Å². The monoisotopic (exact) mass is 180 g/mol. The molecule has 0 heterocycles. The third-order valence-electron chi connectivity index (χ3n) is 3.95. The average molecular weight is 180 g/mol. The zero-order valence-electron chi connectivity index (χ0n) is 7.92. The second-order valence-electron chi connectivity index (χ2n) is 4.27. The van der Waals surface area contributed by atoms with Crippen LogP contribution in [0.1, 0.15) is 34.1 Å². The predicted octanol–water partition coefficient (Wildman–Crippen LogP) is 3.62. The Bertz CT molecular complexity index is 180. The summed E-state index contributed by atoms with van der Waals surface area (Å²) < 4.78 is 37.9. The minimum absolute atomic E-state index is 0.199. The van der Waals surface area contributed by atoms with Crippen molar-refractivity contribution in [3.63, 3.8) is 0 Å². The molecule has 1 fully saturated rings. The van der Waals surface area contributed by atoms with Gasteiger partial charge in [-0.2, -0.15) is 13.2 Å². The minimum Gasteiger partial charge on any atom is -0.170 e. The Morgan fingerprint density at radius 3 is 1.58 bits per heavy atom. The third kappa shape index (κ3) is 0.798. The fraction of sp³-hybridized carbons (Fsp3) is 1.00. The fourth-order valence-electron chi connectivity index (χ4n) is 2.70. The molecule has 0 N–H and O–H groups in total. The van der Waals surface area contributed by atoms with Crippen LogP contribution in [-0.2, 0) is 0 Å². The van der Waals surface area contributed by atoms with Crippen LogP contribution in [-0.4, -0.2) is 6.18 Å². The molecule has 1 rings (SSSR count). The van der Waals surface area contributed by atoms with Crippen molar-refractivity contribution < 1.29 is 13.2 Å². The van der Waals surface area contributed by atoms with Crippen LogP contribution < -0.4 is 0 Å². The summed E-state index contributed by atoms with van der Waals surface area (Å²) in [4.78, 5) is 0. The molecule has 0 radical (unpaired) electrons. The van der Waals surface area contributed by atoms with E-state index >= 15 is 0 Å². The molecule has 0 aromatic rings. The highest BCUT2D eigenvalue weighted by Gasteiger charge is 2.79. The zero-order valence-corrected chi connectivity index (χ0v) is 7.92. The van der Waals surface area contributed by atoms with E-state index in [0.717, 1.165) is 0 Å². The molecule has 0 aromatic carbocycles. The van der Waals surface area contributed by atoms with Gasteiger partial charge in [-0.3, -0.25) is 0 Å². The number of hydrogen-bond donors (Lipinski definition) is 0. The van der Waals surface area contributed by atoms with Crippen molar-refractivity contribution in [2.24, 2.45) is 16.7 Å². The van der Waals surface area contributed by atoms with Crippen LogP contribution in [0.2, 0.25) is 0 Å². The Morgan fingerprint density at radius 2 is 1.58 bits per heavy atom. The molecule has 0 spiro atoms. The van der Waals surface area contributed by atoms with Gasteiger partial charge in [-0.1, -0.05) is 27.7 Å². The van der Waals surface area contributed by atoms with Crippen molar-refractivity contribution >= 4 is 0 Å². The highest BCUT2D eigenvalue weighted by atomic mass is 19.4. The van der Waals surface area contributed by atoms with Crippen molar-refractivity contribution in [2.75, 3.05) is 0 Å². The fourth-order valence-corrected chi connectivity index (χ4v) is 2.70. The predicted molar refractivity (Wildman–Crippen MR) is 41.7 cm³/mol. The molecule has 0 aromatic heterocycles. The van der Waals surface area contributed by atoms with Gasteiger partial charge in [0, 0.05) is 0 Å². The number of alkyl halides is 3. The van der Waals surface area contributed by atoms with Crippen LogP contribution in [0, 0.1) is 16.7 Å². The molecule has 2 unspecified atom stereocenters. The van der Waals surface area contributed by atoms with Crippen LogP contribution in [0.15, 0.2) is 0 Å². The van der Waals surface area contributed by atoms with E-state index in [2.05, 4.69) is 0 Å². The van der Waals surface area contributed by atoms with Crippen LogP contribution in [0.5, 0.6) is 0 Å². The molecule has 0 aliphatic heterocycles. The van der Waals surface area contributed by atoms with E-state index in [1.165, 1.54) is 0 Å². The lowest BCUT2D eigenvalue weighted by molar-refractivity contribution is -0.201. The lowest BCUT2D eigenvalue weighted by Gasteiger charge is -2.22. The highest BCUT2D eigenvalue weighted by Crippen LogP contribution is 2.76. The van der Waals surface area contributed by atoms with Crippen LogP contribution in [0.25, 0.3) is 0 Å². The maximum Gasteiger partial charge on any atom is 0.395 e. The molecule has 0 nitrogen and oxygen atoms in total. The molecule has 0 saturated heterocycles. The molecule has 1 saturated carbocycles. The normalized spacial score (nSPS) is 39.8. The average Bonchev–Trinajstić information content (AvgIpc) is 2.28. The maximum absolute atomic E-state index is 12.6. The lowest BCUT2D eigenvalue weighted by Crippen LogP contribution is -2.29. The summed E-state index contributed by atoms with van der Waals surface area (Å²) in [6, 6.07) is 0. The summed E-state index contributed by atoms with van der Waals surface area (Å²) in [6.07, 6.45) is -3.84. The Hall–Kier alpha value is -0.210. The van der Waals surface area contributed by atoms with E-state index < -0.39 is 17.0 Å². The van der Waals surface area contributed by atoms with Gasteiger partial charge in [0.2, 0.25) is 0 Å². The summed E-state index contributed by atoms with van der Waals surface area (Å²) in [6.45, 7) is 6.72. The van der Waals surface area contributed by atoms with Crippen molar-refractivity contribution in [1.82, 2.24) is 0 Å². The molecule has 2 atom stereocenters. The van der Waals surface area contributed by atoms with Gasteiger partial charge in [-0.15, -0.1) is 0 Å². The molecule has 1 aliphatic rings. The minimum atomic E-state index is -4.04. The van der Waals surface area contributed by atoms with E-state index in [-0.39, 0.29) is 12.3 Å². The van der Waals surface area contributed by atoms with Crippen molar-refractivity contribution in [3.8, 4) is 0 Å². The number of hydrogen-bond acceptors (Lipinski definition) is 0. The number of halogens is 3. The van der Waals surface area contributed by atoms with Gasteiger partial charge in [0.05, 0.1) is 5.41 Å². The smallest absolute Gasteiger partial charge is 0.170 e. The molecule has 12 heavy (non-hydrogen) atoms. The number of rotatable bonds is 1. The Labute approximate surface area is 71.1 Å². The van der Waals surface area contributed by atoms with Gasteiger partial charge < -0.3 is 0 Å². The molecule has 0 amide bonds. The van der Waals surface area contributed by atoms with E-state index in [1.54, 1.807) is 27.7 Å². The zero-order chi connectivity index (χ0) is 9.78. The first-order valence-electron chi connectivity index (χ1n) is 4.28. The quantitative estimate of drug-likeness (QED) is 0.578. The Morgan fingerprint density at radius 1 is 1.25 bits per heavy atom. The third-order valence-corrected chi connectivity index (χ3v) is 3.95. The van der Waals surface area contributed by atoms with E-state index in [1.807, 2.05) is 0 Å². The molecule has 1 aliphatic carbocycles. The molecule has 0 bridgehead atoms. The first kappa shape index (κ1) is 9.87. The summed E-state index contributed by atoms with van der Waals surface area (Å²) in [7, 11) is 0. The maximum atomic E-state index is 12.6. The Balaban J connectivity index is 2.99. The second-order valence-corrected chi connectivity index (χ2v) is 4.27. The summed E-state index contributed by atoms with van der Waals surface area (Å²) in [5, 5.41) is 0. The molecule has 72 valence electrons. The van der Waals surface area contributed by atoms with Gasteiger partial charge >= 0.3 is 6.18 Å². The van der Waals surface area contributed by atoms with E-state index in [9.17, 15) is 13.2 Å². The Kier molecular flexibility index (Phi) is 1.79. The van der Waals surface area contributed by atoms with Crippen molar-refractivity contribution in [2.45, 2.75) is 40.3 Å². The van der Waals surface area contributed by atoms with E-state index in [4.69, 9.17) is 0 Å². The first-order chi connectivity index (χ1) is 5.22. The molecular formula is C9H15F3. The summed E-state index contributed by atoms with van der Waals surface area (Å²) in [5.74, 6) is -0.241. The van der Waals surface area contributed by atoms with Gasteiger partial charge in [0.1, 0.15) is 0 Å². The van der Waals surface area contributed by atoms with Crippen LogP contribution >= 0.6 is 0 Å². The van der Waals surface area contributed by atoms with Crippen LogP contribution in [0.4, 0.5) is 13.2 Å². The van der Waals surface area contributed by atoms with Crippen molar-refractivity contribution in [3.05, 3.63) is 0 Å². The lowest BCUT2D eigenvalue weighted by atomic mass is 9.92. The molecular weight excluding hydrogens is 165 g/mol. The molecule has 3 heteroatoms. The largest absolute Gasteiger partial charge is 0.395 e. The van der Waals surface area contributed by atoms with Crippen LogP contribution in [0.3, 0.4) is 0 Å². The summed E-state index contributed by atoms with van der Waals surface area (Å²) in [5.41, 5.74) is -1.99.